The van der Waals surface area contributed by atoms with Gasteiger partial charge in [0.2, 0.25) is 0 Å². The molecule has 0 saturated carbocycles. The number of carbonyl (C=O) groups excluding carboxylic acids is 1. The molecular weight excluding hydrogens is 513 g/mol. The molecule has 0 atom stereocenters. The maximum absolute atomic E-state index is 13.1. The van der Waals surface area contributed by atoms with Crippen LogP contribution in [0.2, 0.25) is 10.0 Å². The van der Waals surface area contributed by atoms with Crippen LogP contribution in [0, 0.1) is 5.82 Å². The second kappa shape index (κ2) is 11.2. The Morgan fingerprint density at radius 2 is 1.59 bits per heavy atom. The van der Waals surface area contributed by atoms with Crippen LogP contribution < -0.4 is 39.4 Å². The standard InChI is InChI=1S/C22H19Cl2FN4O3S.Na/c23-15-1-7-19(20(24)13-15)22(30)27-33(31,32)18-6-8-21(26-14-18)29-11-9-28(10-12-29)17-4-2-16(25)3-5-17;/h1-8,13-14H,9-12H2,(H,27,30);/q;+1/p-1. The van der Waals surface area contributed by atoms with Gasteiger partial charge in [-0.2, -0.15) is 0 Å². The molecule has 1 amide bonds. The summed E-state index contributed by atoms with van der Waals surface area (Å²) in [7, 11) is -4.27. The van der Waals surface area contributed by atoms with Crippen LogP contribution in [0.5, 0.6) is 0 Å². The van der Waals surface area contributed by atoms with Gasteiger partial charge >= 0.3 is 29.6 Å². The van der Waals surface area contributed by atoms with Gasteiger partial charge in [-0.1, -0.05) is 23.2 Å². The maximum Gasteiger partial charge on any atom is 1.00 e. The monoisotopic (exact) mass is 530 g/mol. The molecule has 1 saturated heterocycles. The molecule has 1 aliphatic rings. The van der Waals surface area contributed by atoms with Crippen molar-refractivity contribution in [2.75, 3.05) is 36.0 Å². The van der Waals surface area contributed by atoms with Gasteiger partial charge in [-0.3, -0.25) is 0 Å². The number of anilines is 2. The molecule has 0 spiro atoms. The summed E-state index contributed by atoms with van der Waals surface area (Å²) in [6.07, 6.45) is 1.18. The summed E-state index contributed by atoms with van der Waals surface area (Å²) in [6.45, 7) is 2.74. The Morgan fingerprint density at radius 1 is 0.941 bits per heavy atom. The minimum atomic E-state index is -4.27. The molecule has 1 aliphatic heterocycles. The fourth-order valence-electron chi connectivity index (χ4n) is 3.43. The fraction of sp³-hybridized carbons (Fsp3) is 0.182. The first-order valence-electron chi connectivity index (χ1n) is 9.92. The first kappa shape index (κ1) is 26.7. The van der Waals surface area contributed by atoms with E-state index in [9.17, 15) is 17.6 Å². The third-order valence-corrected chi connectivity index (χ3v) is 6.97. The Labute approximate surface area is 229 Å². The number of sulfonamides is 1. The summed E-state index contributed by atoms with van der Waals surface area (Å²) in [4.78, 5) is 20.5. The molecule has 0 unspecified atom stereocenters. The Bertz CT molecular complexity index is 1270. The normalized spacial score (nSPS) is 13.9. The van der Waals surface area contributed by atoms with Gasteiger partial charge in [0.25, 0.3) is 0 Å². The molecule has 0 aliphatic carbocycles. The molecule has 12 heteroatoms. The molecule has 7 nitrogen and oxygen atoms in total. The molecule has 3 aromatic rings. The number of carbonyl (C=O) groups is 1. The van der Waals surface area contributed by atoms with E-state index in [1.54, 1.807) is 18.2 Å². The van der Waals surface area contributed by atoms with Crippen LogP contribution in [0.3, 0.4) is 0 Å². The zero-order valence-electron chi connectivity index (χ0n) is 18.2. The van der Waals surface area contributed by atoms with Crippen molar-refractivity contribution < 1.29 is 47.2 Å². The Morgan fingerprint density at radius 3 is 2.18 bits per heavy atom. The molecule has 1 aromatic heterocycles. The van der Waals surface area contributed by atoms with Gasteiger partial charge in [0.1, 0.15) is 21.7 Å². The summed E-state index contributed by atoms with van der Waals surface area (Å²) < 4.78 is 41.6. The molecule has 2 heterocycles. The largest absolute Gasteiger partial charge is 1.00 e. The van der Waals surface area contributed by atoms with Crippen LogP contribution in [0.4, 0.5) is 15.9 Å². The predicted molar refractivity (Wildman–Crippen MR) is 126 cm³/mol. The Kier molecular flexibility index (Phi) is 8.83. The summed E-state index contributed by atoms with van der Waals surface area (Å²) >= 11 is 11.8. The summed E-state index contributed by atoms with van der Waals surface area (Å²) in [5, 5.41) is 0.331. The van der Waals surface area contributed by atoms with Crippen molar-refractivity contribution in [1.82, 2.24) is 4.98 Å². The second-order valence-electron chi connectivity index (χ2n) is 7.30. The first-order chi connectivity index (χ1) is 15.7. The van der Waals surface area contributed by atoms with E-state index in [0.29, 0.717) is 37.0 Å². The Hall–Kier alpha value is -1.88. The van der Waals surface area contributed by atoms with E-state index in [0.717, 1.165) is 5.69 Å². The molecule has 0 radical (unpaired) electrons. The van der Waals surface area contributed by atoms with Crippen molar-refractivity contribution in [3.05, 3.63) is 86.9 Å². The number of hydrogen-bond donors (Lipinski definition) is 0. The molecule has 0 N–H and O–H groups in total. The third kappa shape index (κ3) is 6.21. The molecule has 4 rings (SSSR count). The van der Waals surface area contributed by atoms with Gasteiger partial charge in [0, 0.05) is 48.6 Å². The van der Waals surface area contributed by atoms with Gasteiger partial charge in [-0.05, 0) is 54.6 Å². The molecule has 34 heavy (non-hydrogen) atoms. The average Bonchev–Trinajstić information content (AvgIpc) is 2.79. The van der Waals surface area contributed by atoms with Crippen LogP contribution in [-0.2, 0) is 10.0 Å². The Balaban J connectivity index is 0.00000324. The van der Waals surface area contributed by atoms with Crippen LogP contribution >= 0.6 is 23.2 Å². The quantitative estimate of drug-likeness (QED) is 0.467. The summed E-state index contributed by atoms with van der Waals surface area (Å²) in [5.74, 6) is -0.654. The zero-order chi connectivity index (χ0) is 23.6. The molecule has 0 bridgehead atoms. The van der Waals surface area contributed by atoms with Gasteiger partial charge in [0.05, 0.1) is 15.8 Å². The van der Waals surface area contributed by atoms with Crippen molar-refractivity contribution >= 4 is 50.6 Å². The van der Waals surface area contributed by atoms with Gasteiger partial charge in [0.15, 0.2) is 0 Å². The van der Waals surface area contributed by atoms with Crippen LogP contribution in [0.1, 0.15) is 10.4 Å². The number of amides is 1. The van der Waals surface area contributed by atoms with Crippen molar-refractivity contribution in [2.24, 2.45) is 0 Å². The number of benzene rings is 2. The van der Waals surface area contributed by atoms with Crippen molar-refractivity contribution in [2.45, 2.75) is 4.90 Å². The van der Waals surface area contributed by atoms with E-state index >= 15 is 0 Å². The zero-order valence-corrected chi connectivity index (χ0v) is 22.5. The minimum Gasteiger partial charge on any atom is -0.537 e. The fourth-order valence-corrected chi connectivity index (χ4v) is 4.77. The van der Waals surface area contributed by atoms with E-state index in [-0.39, 0.29) is 50.9 Å². The van der Waals surface area contributed by atoms with E-state index in [1.165, 1.54) is 42.6 Å². The number of pyridine rings is 1. The molecule has 1 fully saturated rings. The molecule has 172 valence electrons. The smallest absolute Gasteiger partial charge is 0.537 e. The minimum absolute atomic E-state index is 0. The van der Waals surface area contributed by atoms with Crippen molar-refractivity contribution in [3.8, 4) is 0 Å². The summed E-state index contributed by atoms with van der Waals surface area (Å²) in [6, 6.07) is 13.4. The number of nitrogens with zero attached hydrogens (tertiary/aromatic N) is 4. The maximum atomic E-state index is 13.1. The number of hydrogen-bond acceptors (Lipinski definition) is 6. The molecule has 2 aromatic carbocycles. The van der Waals surface area contributed by atoms with Gasteiger partial charge < -0.3 is 19.3 Å². The topological polar surface area (TPSA) is 84.7 Å². The van der Waals surface area contributed by atoms with Crippen LogP contribution in [0.15, 0.2) is 65.7 Å². The van der Waals surface area contributed by atoms with Gasteiger partial charge in [-0.25, -0.2) is 17.8 Å². The third-order valence-electron chi connectivity index (χ3n) is 5.18. The first-order valence-corrected chi connectivity index (χ1v) is 12.1. The predicted octanol–water partition coefficient (Wildman–Crippen LogP) is 1.76. The van der Waals surface area contributed by atoms with E-state index < -0.39 is 15.9 Å². The average molecular weight is 531 g/mol. The van der Waals surface area contributed by atoms with E-state index in [1.807, 2.05) is 4.90 Å². The van der Waals surface area contributed by atoms with Crippen LogP contribution in [-0.4, -0.2) is 45.5 Å². The second-order valence-corrected chi connectivity index (χ2v) is 9.75. The number of piperazine rings is 1. The number of halogens is 3. The van der Waals surface area contributed by atoms with E-state index in [2.05, 4.69) is 14.6 Å². The van der Waals surface area contributed by atoms with E-state index in [4.69, 9.17) is 23.2 Å². The van der Waals surface area contributed by atoms with Gasteiger partial charge in [-0.15, -0.1) is 0 Å². The van der Waals surface area contributed by atoms with Crippen molar-refractivity contribution in [3.63, 3.8) is 0 Å². The van der Waals surface area contributed by atoms with Crippen molar-refractivity contribution in [1.29, 1.82) is 0 Å². The van der Waals surface area contributed by atoms with Crippen LogP contribution in [0.25, 0.3) is 4.72 Å². The molecular formula is C22H18Cl2FN4NaO3S. The number of rotatable bonds is 5. The summed E-state index contributed by atoms with van der Waals surface area (Å²) in [5.41, 5.74) is 0.880. The SMILES string of the molecule is O=C([N-]S(=O)(=O)c1ccc(N2CCN(c3ccc(F)cc3)CC2)nc1)c1ccc(Cl)cc1Cl.[Na+]. The number of aromatic nitrogens is 1.